The number of hydrogen-bond acceptors (Lipinski definition) is 8. The second-order valence-electron chi connectivity index (χ2n) is 6.70. The summed E-state index contributed by atoms with van der Waals surface area (Å²) in [7, 11) is -2.28. The summed E-state index contributed by atoms with van der Waals surface area (Å²) in [6.07, 6.45) is 0. The van der Waals surface area contributed by atoms with E-state index in [9.17, 15) is 13.2 Å². The Morgan fingerprint density at radius 3 is 2.52 bits per heavy atom. The van der Waals surface area contributed by atoms with Crippen LogP contribution in [-0.2, 0) is 14.8 Å². The fourth-order valence-electron chi connectivity index (χ4n) is 2.68. The van der Waals surface area contributed by atoms with Crippen molar-refractivity contribution < 1.29 is 27.2 Å². The van der Waals surface area contributed by atoms with E-state index in [4.69, 9.17) is 26.2 Å². The van der Waals surface area contributed by atoms with Crippen LogP contribution in [0.4, 0.5) is 11.5 Å². The highest BCUT2D eigenvalue weighted by molar-refractivity contribution is 7.92. The Balaban J connectivity index is 1.60. The molecule has 0 fully saturated rings. The molecule has 0 aliphatic rings. The summed E-state index contributed by atoms with van der Waals surface area (Å²) in [6.45, 7) is 2.33. The first-order chi connectivity index (χ1) is 15.8. The highest BCUT2D eigenvalue weighted by Crippen LogP contribution is 2.19. The second kappa shape index (κ2) is 10.9. The molecule has 0 atom stereocenters. The van der Waals surface area contributed by atoms with Crippen molar-refractivity contribution in [2.24, 2.45) is 0 Å². The Morgan fingerprint density at radius 2 is 1.85 bits per heavy atom. The molecule has 0 aliphatic heterocycles. The van der Waals surface area contributed by atoms with Crippen molar-refractivity contribution in [3.63, 3.8) is 0 Å². The monoisotopic (exact) mass is 490 g/mol. The number of amides is 1. The molecule has 2 aromatic carbocycles. The second-order valence-corrected chi connectivity index (χ2v) is 8.79. The smallest absolute Gasteiger partial charge is 0.263 e. The molecule has 0 bridgehead atoms. The molecule has 0 saturated carbocycles. The number of carbonyl (C=O) groups excluding carboxylic acids is 1. The molecule has 174 valence electrons. The number of rotatable bonds is 9. The zero-order valence-electron chi connectivity index (χ0n) is 17.8. The number of hydrogen-bond donors (Lipinski definition) is 3. The average molecular weight is 491 g/mol. The molecule has 0 radical (unpaired) electrons. The van der Waals surface area contributed by atoms with Gasteiger partial charge in [0, 0.05) is 18.9 Å². The number of nitrogens with one attached hydrogen (secondary N) is 3. The summed E-state index contributed by atoms with van der Waals surface area (Å²) in [5.41, 5.74) is 0.800. The van der Waals surface area contributed by atoms with Crippen LogP contribution in [0.25, 0.3) is 0 Å². The maximum Gasteiger partial charge on any atom is 0.263 e. The van der Waals surface area contributed by atoms with Crippen LogP contribution in [0.3, 0.4) is 0 Å². The van der Waals surface area contributed by atoms with Crippen molar-refractivity contribution >= 4 is 44.8 Å². The first kappa shape index (κ1) is 24.2. The molecule has 1 amide bonds. The molecule has 1 heterocycles. The van der Waals surface area contributed by atoms with Crippen LogP contribution < -0.4 is 20.1 Å². The van der Waals surface area contributed by atoms with Crippen LogP contribution in [0, 0.1) is 6.92 Å². The number of methoxy groups -OCH3 is 1. The number of benzene rings is 2. The number of para-hydroxylation sites is 1. The van der Waals surface area contributed by atoms with E-state index in [1.807, 2.05) is 0 Å². The van der Waals surface area contributed by atoms with Crippen molar-refractivity contribution in [1.82, 2.24) is 10.5 Å². The summed E-state index contributed by atoms with van der Waals surface area (Å²) in [6, 6.07) is 14.0. The van der Waals surface area contributed by atoms with Gasteiger partial charge in [-0.1, -0.05) is 17.3 Å². The summed E-state index contributed by atoms with van der Waals surface area (Å²) in [5, 5.41) is 9.07. The fraction of sp³-hybridized carbons (Fsp3) is 0.190. The van der Waals surface area contributed by atoms with Gasteiger partial charge in [-0.3, -0.25) is 14.8 Å². The average Bonchev–Trinajstić information content (AvgIpc) is 3.18. The molecule has 0 spiro atoms. The van der Waals surface area contributed by atoms with Crippen molar-refractivity contribution in [3.05, 3.63) is 65.9 Å². The number of aromatic nitrogens is 1. The largest absolute Gasteiger partial charge is 0.490 e. The number of sulfonamides is 1. The molecule has 0 unspecified atom stereocenters. The molecule has 3 rings (SSSR count). The van der Waals surface area contributed by atoms with Crippen LogP contribution in [0.15, 0.2) is 64.0 Å². The van der Waals surface area contributed by atoms with Crippen LogP contribution in [0.1, 0.15) is 16.1 Å². The maximum atomic E-state index is 12.6. The quantitative estimate of drug-likeness (QED) is 0.306. The van der Waals surface area contributed by atoms with Crippen molar-refractivity contribution in [3.8, 4) is 5.75 Å². The minimum Gasteiger partial charge on any atom is -0.490 e. The van der Waals surface area contributed by atoms with E-state index in [0.717, 1.165) is 0 Å². The minimum atomic E-state index is -3.84. The number of nitrogens with zero attached hydrogens (tertiary/aromatic N) is 1. The van der Waals surface area contributed by atoms with Crippen LogP contribution in [0.5, 0.6) is 5.75 Å². The van der Waals surface area contributed by atoms with Gasteiger partial charge in [0.25, 0.3) is 15.9 Å². The zero-order valence-corrected chi connectivity index (χ0v) is 19.5. The summed E-state index contributed by atoms with van der Waals surface area (Å²) in [5.74, 6) is 0.517. The first-order valence-corrected chi connectivity index (χ1v) is 11.6. The lowest BCUT2D eigenvalue weighted by Gasteiger charge is -2.13. The third kappa shape index (κ3) is 6.75. The van der Waals surface area contributed by atoms with Gasteiger partial charge in [-0.05, 0) is 55.5 Å². The molecule has 1 aromatic heterocycles. The Bertz CT molecular complexity index is 1230. The third-order valence-corrected chi connectivity index (χ3v) is 5.77. The predicted octanol–water partition coefficient (Wildman–Crippen LogP) is 2.94. The van der Waals surface area contributed by atoms with Gasteiger partial charge in [0.15, 0.2) is 10.9 Å². The third-order valence-electron chi connectivity index (χ3n) is 4.19. The SMILES string of the molecule is COCCOc1ccccc1C(=O)NC(=S)Nc1ccc(S(=O)(=O)Nc2cc(C)on2)cc1. The standard InChI is InChI=1S/C21H22N4O6S2/c1-14-13-19(24-31-14)25-33(27,28)16-9-7-15(8-10-16)22-21(32)23-20(26)17-5-3-4-6-18(17)30-12-11-29-2/h3-10,13H,11-12H2,1-2H3,(H,24,25)(H2,22,23,26,32). The Morgan fingerprint density at radius 1 is 1.12 bits per heavy atom. The van der Waals surface area contributed by atoms with Gasteiger partial charge >= 0.3 is 0 Å². The van der Waals surface area contributed by atoms with Crippen LogP contribution >= 0.6 is 12.2 Å². The summed E-state index contributed by atoms with van der Waals surface area (Å²) < 4.78 is 42.6. The lowest BCUT2D eigenvalue weighted by Crippen LogP contribution is -2.34. The van der Waals surface area contributed by atoms with E-state index in [1.54, 1.807) is 38.3 Å². The highest BCUT2D eigenvalue weighted by atomic mass is 32.2. The van der Waals surface area contributed by atoms with Gasteiger partial charge in [-0.25, -0.2) is 8.42 Å². The zero-order chi connectivity index (χ0) is 23.8. The number of anilines is 2. The molecule has 10 nitrogen and oxygen atoms in total. The first-order valence-electron chi connectivity index (χ1n) is 9.68. The summed E-state index contributed by atoms with van der Waals surface area (Å²) in [4.78, 5) is 12.6. The van der Waals surface area contributed by atoms with E-state index in [1.165, 1.54) is 30.3 Å². The minimum absolute atomic E-state index is 0.0193. The number of aryl methyl sites for hydroxylation is 1. The molecular formula is C21H22N4O6S2. The Hall–Kier alpha value is -3.48. The van der Waals surface area contributed by atoms with Crippen molar-refractivity contribution in [1.29, 1.82) is 0 Å². The van der Waals surface area contributed by atoms with Crippen molar-refractivity contribution in [2.45, 2.75) is 11.8 Å². The van der Waals surface area contributed by atoms with Gasteiger partial charge in [-0.15, -0.1) is 0 Å². The van der Waals surface area contributed by atoms with Gasteiger partial charge in [0.2, 0.25) is 0 Å². The van der Waals surface area contributed by atoms with Gasteiger partial charge in [-0.2, -0.15) is 0 Å². The van der Waals surface area contributed by atoms with E-state index >= 15 is 0 Å². The Labute approximate surface area is 196 Å². The molecule has 0 saturated heterocycles. The lowest BCUT2D eigenvalue weighted by atomic mass is 10.2. The summed E-state index contributed by atoms with van der Waals surface area (Å²) >= 11 is 5.20. The number of carbonyl (C=O) groups is 1. The van der Waals surface area contributed by atoms with E-state index in [0.29, 0.717) is 36.0 Å². The number of thiocarbonyl (C=S) groups is 1. The highest BCUT2D eigenvalue weighted by Gasteiger charge is 2.17. The van der Waals surface area contributed by atoms with Gasteiger partial charge in [0.1, 0.15) is 18.1 Å². The fourth-order valence-corrected chi connectivity index (χ4v) is 3.87. The van der Waals surface area contributed by atoms with Gasteiger partial charge in [0.05, 0.1) is 17.1 Å². The maximum absolute atomic E-state index is 12.6. The van der Waals surface area contributed by atoms with Crippen molar-refractivity contribution in [2.75, 3.05) is 30.4 Å². The van der Waals surface area contributed by atoms with Crippen LogP contribution in [0.2, 0.25) is 0 Å². The predicted molar refractivity (Wildman–Crippen MR) is 126 cm³/mol. The lowest BCUT2D eigenvalue weighted by molar-refractivity contribution is 0.0970. The molecule has 3 N–H and O–H groups in total. The molecular weight excluding hydrogens is 468 g/mol. The van der Waals surface area contributed by atoms with E-state index < -0.39 is 15.9 Å². The van der Waals surface area contributed by atoms with E-state index in [2.05, 4.69) is 20.5 Å². The molecule has 33 heavy (non-hydrogen) atoms. The van der Waals surface area contributed by atoms with E-state index in [-0.39, 0.29) is 15.8 Å². The van der Waals surface area contributed by atoms with Gasteiger partial charge < -0.3 is 19.3 Å². The molecule has 0 aliphatic carbocycles. The Kier molecular flexibility index (Phi) is 7.98. The molecule has 3 aromatic rings. The number of ether oxygens (including phenoxy) is 2. The molecule has 12 heteroatoms. The topological polar surface area (TPSA) is 132 Å². The normalized spacial score (nSPS) is 11.0. The van der Waals surface area contributed by atoms with Crippen LogP contribution in [-0.4, -0.2) is 44.9 Å².